The average molecular weight is 309 g/mol. The molecule has 3 rings (SSSR count). The van der Waals surface area contributed by atoms with Gasteiger partial charge >= 0.3 is 0 Å². The van der Waals surface area contributed by atoms with Crippen molar-refractivity contribution in [3.63, 3.8) is 0 Å². The Balaban J connectivity index is 1.80. The first-order valence-electron chi connectivity index (χ1n) is 6.56. The minimum Gasteiger partial charge on any atom is -0.290 e. The van der Waals surface area contributed by atoms with Crippen molar-refractivity contribution in [1.82, 2.24) is 4.90 Å². The molecule has 0 N–H and O–H groups in total. The second-order valence-electron chi connectivity index (χ2n) is 4.86. The molecule has 0 aromatic carbocycles. The van der Waals surface area contributed by atoms with Gasteiger partial charge in [-0.1, -0.05) is 49.3 Å². The first kappa shape index (κ1) is 13.3. The maximum Gasteiger partial charge on any atom is 0.266 e. The van der Waals surface area contributed by atoms with Crippen LogP contribution in [0.25, 0.3) is 6.08 Å². The van der Waals surface area contributed by atoms with Crippen LogP contribution >= 0.6 is 35.3 Å². The van der Waals surface area contributed by atoms with Gasteiger partial charge in [0.15, 0.2) is 0 Å². The summed E-state index contributed by atoms with van der Waals surface area (Å²) < 4.78 is 0.736. The van der Waals surface area contributed by atoms with Crippen molar-refractivity contribution >= 4 is 51.6 Å². The van der Waals surface area contributed by atoms with Gasteiger partial charge < -0.3 is 0 Å². The van der Waals surface area contributed by atoms with Gasteiger partial charge in [-0.3, -0.25) is 9.69 Å². The van der Waals surface area contributed by atoms with Crippen LogP contribution in [0.4, 0.5) is 0 Å². The van der Waals surface area contributed by atoms with Gasteiger partial charge in [-0.15, -0.1) is 11.3 Å². The van der Waals surface area contributed by atoms with E-state index < -0.39 is 0 Å². The van der Waals surface area contributed by atoms with E-state index in [1.165, 1.54) is 31.0 Å². The zero-order chi connectivity index (χ0) is 13.2. The van der Waals surface area contributed by atoms with Gasteiger partial charge in [0.2, 0.25) is 0 Å². The summed E-state index contributed by atoms with van der Waals surface area (Å²) >= 11 is 8.50. The van der Waals surface area contributed by atoms with E-state index in [1.807, 2.05) is 28.5 Å². The second kappa shape index (κ2) is 5.77. The highest BCUT2D eigenvalue weighted by molar-refractivity contribution is 8.26. The fourth-order valence-electron chi connectivity index (χ4n) is 2.64. The fourth-order valence-corrected chi connectivity index (χ4v) is 4.76. The molecular formula is C14H15NOS3. The van der Waals surface area contributed by atoms with Crippen molar-refractivity contribution < 1.29 is 4.79 Å². The van der Waals surface area contributed by atoms with E-state index in [2.05, 4.69) is 0 Å². The third kappa shape index (κ3) is 2.78. The molecule has 1 amide bonds. The first-order chi connectivity index (χ1) is 9.25. The monoisotopic (exact) mass is 309 g/mol. The summed E-state index contributed by atoms with van der Waals surface area (Å²) in [7, 11) is 0. The van der Waals surface area contributed by atoms with Crippen LogP contribution in [0.1, 0.15) is 37.0 Å². The van der Waals surface area contributed by atoms with E-state index in [0.29, 0.717) is 6.04 Å². The van der Waals surface area contributed by atoms with Gasteiger partial charge in [-0.05, 0) is 30.4 Å². The summed E-state index contributed by atoms with van der Waals surface area (Å²) in [5.74, 6) is 0.107. The molecule has 0 spiro atoms. The Morgan fingerprint density at radius 3 is 2.79 bits per heavy atom. The molecule has 2 nitrogen and oxygen atoms in total. The van der Waals surface area contributed by atoms with E-state index in [0.717, 1.165) is 26.9 Å². The van der Waals surface area contributed by atoms with Gasteiger partial charge in [-0.2, -0.15) is 0 Å². The summed E-state index contributed by atoms with van der Waals surface area (Å²) in [5, 5.41) is 2.02. The lowest BCUT2D eigenvalue weighted by atomic mass is 9.94. The predicted molar refractivity (Wildman–Crippen MR) is 86.2 cm³/mol. The largest absolute Gasteiger partial charge is 0.290 e. The Hall–Kier alpha value is -0.650. The van der Waals surface area contributed by atoms with Crippen LogP contribution in [-0.2, 0) is 4.79 Å². The standard InChI is InChI=1S/C14H15NOS3/c16-13-12(9-11-7-4-8-18-11)19-14(17)15(13)10-5-2-1-3-6-10/h4,7-10H,1-3,5-6H2/b12-9-. The Kier molecular flexibility index (Phi) is 4.05. The molecule has 19 heavy (non-hydrogen) atoms. The fraction of sp³-hybridized carbons (Fsp3) is 0.429. The van der Waals surface area contributed by atoms with Gasteiger partial charge in [-0.25, -0.2) is 0 Å². The highest BCUT2D eigenvalue weighted by Crippen LogP contribution is 2.37. The molecule has 2 fully saturated rings. The Morgan fingerprint density at radius 2 is 2.11 bits per heavy atom. The van der Waals surface area contributed by atoms with Crippen LogP contribution in [0.3, 0.4) is 0 Å². The SMILES string of the molecule is O=C1/C(=C/c2cccs2)SC(=S)N1C1CCCCC1. The maximum atomic E-state index is 12.5. The van der Waals surface area contributed by atoms with E-state index in [1.54, 1.807) is 11.3 Å². The third-order valence-corrected chi connectivity index (χ3v) is 5.73. The summed E-state index contributed by atoms with van der Waals surface area (Å²) in [6.45, 7) is 0. The molecule has 100 valence electrons. The lowest BCUT2D eigenvalue weighted by Gasteiger charge is -2.29. The molecule has 1 aliphatic carbocycles. The summed E-state index contributed by atoms with van der Waals surface area (Å²) in [6.07, 6.45) is 7.87. The van der Waals surface area contributed by atoms with Crippen LogP contribution in [-0.4, -0.2) is 21.2 Å². The topological polar surface area (TPSA) is 20.3 Å². The lowest BCUT2D eigenvalue weighted by molar-refractivity contribution is -0.124. The molecule has 5 heteroatoms. The van der Waals surface area contributed by atoms with Crippen molar-refractivity contribution in [3.8, 4) is 0 Å². The number of rotatable bonds is 2. The lowest BCUT2D eigenvalue weighted by Crippen LogP contribution is -2.39. The second-order valence-corrected chi connectivity index (χ2v) is 7.51. The van der Waals surface area contributed by atoms with E-state index in [4.69, 9.17) is 12.2 Å². The number of thioether (sulfide) groups is 1. The van der Waals surface area contributed by atoms with Crippen molar-refractivity contribution in [3.05, 3.63) is 27.3 Å². The zero-order valence-corrected chi connectivity index (χ0v) is 13.0. The number of hydrogen-bond donors (Lipinski definition) is 0. The predicted octanol–water partition coefficient (Wildman–Crippen LogP) is 4.28. The third-order valence-electron chi connectivity index (χ3n) is 3.58. The van der Waals surface area contributed by atoms with Crippen LogP contribution in [0, 0.1) is 0 Å². The van der Waals surface area contributed by atoms with Gasteiger partial charge in [0, 0.05) is 10.9 Å². The number of nitrogens with zero attached hydrogens (tertiary/aromatic N) is 1. The normalized spacial score (nSPS) is 23.6. The Labute approximate surface area is 126 Å². The number of thiophene rings is 1. The molecule has 1 aromatic heterocycles. The van der Waals surface area contributed by atoms with Crippen LogP contribution in [0.5, 0.6) is 0 Å². The Bertz CT molecular complexity index is 515. The average Bonchev–Trinajstić information content (AvgIpc) is 3.01. The van der Waals surface area contributed by atoms with Crippen molar-refractivity contribution in [2.24, 2.45) is 0 Å². The molecule has 1 aliphatic heterocycles. The molecule has 2 heterocycles. The molecular weight excluding hydrogens is 294 g/mol. The highest BCUT2D eigenvalue weighted by Gasteiger charge is 2.37. The molecule has 0 atom stereocenters. The zero-order valence-electron chi connectivity index (χ0n) is 10.5. The van der Waals surface area contributed by atoms with Crippen LogP contribution < -0.4 is 0 Å². The van der Waals surface area contributed by atoms with Crippen molar-refractivity contribution in [1.29, 1.82) is 0 Å². The highest BCUT2D eigenvalue weighted by atomic mass is 32.2. The molecule has 0 radical (unpaired) electrons. The molecule has 1 aromatic rings. The maximum absolute atomic E-state index is 12.5. The van der Waals surface area contributed by atoms with E-state index in [-0.39, 0.29) is 5.91 Å². The van der Waals surface area contributed by atoms with Crippen LogP contribution in [0.2, 0.25) is 0 Å². The quantitative estimate of drug-likeness (QED) is 0.601. The number of thiocarbonyl (C=S) groups is 1. The number of carbonyl (C=O) groups is 1. The molecule has 2 aliphatic rings. The van der Waals surface area contributed by atoms with Gasteiger partial charge in [0.1, 0.15) is 4.32 Å². The van der Waals surface area contributed by atoms with E-state index in [9.17, 15) is 4.79 Å². The summed E-state index contributed by atoms with van der Waals surface area (Å²) in [5.41, 5.74) is 0. The summed E-state index contributed by atoms with van der Waals surface area (Å²) in [6, 6.07) is 4.35. The van der Waals surface area contributed by atoms with Gasteiger partial charge in [0.05, 0.1) is 4.91 Å². The minimum atomic E-state index is 0.107. The van der Waals surface area contributed by atoms with Crippen molar-refractivity contribution in [2.75, 3.05) is 0 Å². The first-order valence-corrected chi connectivity index (χ1v) is 8.67. The molecule has 0 unspecified atom stereocenters. The van der Waals surface area contributed by atoms with Crippen molar-refractivity contribution in [2.45, 2.75) is 38.1 Å². The summed E-state index contributed by atoms with van der Waals surface area (Å²) in [4.78, 5) is 16.2. The number of amides is 1. The number of carbonyl (C=O) groups excluding carboxylic acids is 1. The number of hydrogen-bond acceptors (Lipinski definition) is 4. The van der Waals surface area contributed by atoms with Crippen LogP contribution in [0.15, 0.2) is 22.4 Å². The van der Waals surface area contributed by atoms with Gasteiger partial charge in [0.25, 0.3) is 5.91 Å². The minimum absolute atomic E-state index is 0.107. The Morgan fingerprint density at radius 1 is 1.32 bits per heavy atom. The molecule has 0 bridgehead atoms. The smallest absolute Gasteiger partial charge is 0.266 e. The van der Waals surface area contributed by atoms with E-state index >= 15 is 0 Å². The molecule has 1 saturated carbocycles. The molecule has 1 saturated heterocycles.